The molecule has 15 aromatic carbocycles. The first-order valence-corrected chi connectivity index (χ1v) is 42.7. The third kappa shape index (κ3) is 13.8. The highest BCUT2D eigenvalue weighted by Crippen LogP contribution is 2.59. The van der Waals surface area contributed by atoms with Crippen molar-refractivity contribution in [1.29, 1.82) is 0 Å². The third-order valence-electron chi connectivity index (χ3n) is 27.2. The number of hydrogen-bond acceptors (Lipinski definition) is 0. The SMILES string of the molecule is Cc1cc(C)cc(C2(C)c3cc(C)ccc3-c3ccc(C)cc32)c1.Cc1cc(C)cc(C2(C)c3cc(C)ccc3-c3ccc(C)cc32)c1.Cc1cc(C)cc(C2(C)c3cc(C)ccc3-c3ccc(C)cc32)c1.Cc1ccc(C2(C)c3cc(C)ccc3-c3ccc(C)cc32)cc1.Cc1cccc(C2(C)c3cc(C)ccc3-c3ccc(C)cc32)c1. The molecule has 0 radical (unpaired) electrons. The van der Waals surface area contributed by atoms with Crippen molar-refractivity contribution in [1.82, 2.24) is 0 Å². The Morgan fingerprint density at radius 1 is 0.119 bits per heavy atom. The predicted octanol–water partition coefficient (Wildman–Crippen LogP) is 30.7. The minimum absolute atomic E-state index is 0.0730. The summed E-state index contributed by atoms with van der Waals surface area (Å²) < 4.78 is 0. The van der Waals surface area contributed by atoms with Gasteiger partial charge in [-0.1, -0.05) is 385 Å². The maximum absolute atomic E-state index is 2.39. The van der Waals surface area contributed by atoms with Gasteiger partial charge in [-0.2, -0.15) is 0 Å². The van der Waals surface area contributed by atoms with Gasteiger partial charge in [-0.3, -0.25) is 0 Å². The van der Waals surface area contributed by atoms with Crippen molar-refractivity contribution in [3.05, 3.63) is 469 Å². The molecule has 15 aromatic rings. The highest BCUT2D eigenvalue weighted by Gasteiger charge is 2.46. The maximum atomic E-state index is 2.39. The molecule has 0 saturated heterocycles. The summed E-state index contributed by atoms with van der Waals surface area (Å²) in [7, 11) is 0. The Kier molecular flexibility index (Phi) is 20.6. The minimum Gasteiger partial charge on any atom is -0.0617 e. The van der Waals surface area contributed by atoms with E-state index in [1.54, 1.807) is 0 Å². The van der Waals surface area contributed by atoms with Crippen LogP contribution >= 0.6 is 0 Å². The smallest absolute Gasteiger partial charge is 0.0435 e. The predicted molar refractivity (Wildman–Crippen MR) is 505 cm³/mol. The Balaban J connectivity index is 0.000000110. The molecule has 0 aliphatic heterocycles. The molecule has 0 N–H and O–H groups in total. The zero-order valence-electron chi connectivity index (χ0n) is 74.1. The van der Waals surface area contributed by atoms with Crippen molar-refractivity contribution >= 4 is 0 Å². The van der Waals surface area contributed by atoms with E-state index < -0.39 is 0 Å². The van der Waals surface area contributed by atoms with Crippen LogP contribution < -0.4 is 0 Å². The van der Waals surface area contributed by atoms with E-state index in [4.69, 9.17) is 0 Å². The summed E-state index contributed by atoms with van der Waals surface area (Å²) >= 11 is 0. The lowest BCUT2D eigenvalue weighted by molar-refractivity contribution is 0.710. The summed E-state index contributed by atoms with van der Waals surface area (Å²) in [4.78, 5) is 0. The van der Waals surface area contributed by atoms with Gasteiger partial charge >= 0.3 is 0 Å². The molecule has 0 bridgehead atoms. The van der Waals surface area contributed by atoms with Gasteiger partial charge in [0.15, 0.2) is 0 Å². The van der Waals surface area contributed by atoms with Crippen LogP contribution in [0.4, 0.5) is 0 Å². The van der Waals surface area contributed by atoms with Gasteiger partial charge in [-0.05, 0) is 298 Å². The van der Waals surface area contributed by atoms with Crippen LogP contribution in [0.2, 0.25) is 0 Å². The zero-order chi connectivity index (χ0) is 83.6. The first kappa shape index (κ1) is 80.1. The van der Waals surface area contributed by atoms with Crippen molar-refractivity contribution in [3.8, 4) is 55.6 Å². The summed E-state index contributed by atoms with van der Waals surface area (Å²) in [6.45, 7) is 51.3. The Labute approximate surface area is 705 Å². The van der Waals surface area contributed by atoms with Crippen LogP contribution in [0.3, 0.4) is 0 Å². The van der Waals surface area contributed by atoms with E-state index >= 15 is 0 Å². The Bertz CT molecular complexity index is 5830. The average molecular weight is 1530 g/mol. The van der Waals surface area contributed by atoms with Crippen molar-refractivity contribution in [3.63, 3.8) is 0 Å². The topological polar surface area (TPSA) is 0 Å². The lowest BCUT2D eigenvalue weighted by Gasteiger charge is -2.29. The quantitative estimate of drug-likeness (QED) is 0.161. The minimum atomic E-state index is -0.0838. The van der Waals surface area contributed by atoms with E-state index in [0.717, 1.165) is 0 Å². The van der Waals surface area contributed by atoms with E-state index in [2.05, 4.69) is 444 Å². The molecule has 0 spiro atoms. The second-order valence-electron chi connectivity index (χ2n) is 37.0. The molecule has 0 unspecified atom stereocenters. The summed E-state index contributed by atoms with van der Waals surface area (Å²) in [6.07, 6.45) is 0. The van der Waals surface area contributed by atoms with Crippen LogP contribution in [-0.4, -0.2) is 0 Å². The number of fused-ring (bicyclic) bond motifs is 15. The van der Waals surface area contributed by atoms with Crippen LogP contribution in [0.15, 0.2) is 285 Å². The first-order valence-electron chi connectivity index (χ1n) is 42.7. The van der Waals surface area contributed by atoms with Crippen LogP contribution in [0.1, 0.15) is 218 Å². The second kappa shape index (κ2) is 30.3. The van der Waals surface area contributed by atoms with Gasteiger partial charge in [-0.15, -0.1) is 0 Å². The van der Waals surface area contributed by atoms with Crippen LogP contribution in [0, 0.1) is 125 Å². The number of rotatable bonds is 5. The molecular formula is C118H116. The van der Waals surface area contributed by atoms with Crippen LogP contribution in [-0.2, 0) is 27.1 Å². The molecule has 5 aliphatic carbocycles. The van der Waals surface area contributed by atoms with E-state index in [9.17, 15) is 0 Å². The lowest BCUT2D eigenvalue weighted by atomic mass is 9.73. The largest absolute Gasteiger partial charge is 0.0617 e. The molecule has 0 aromatic heterocycles. The normalized spacial score (nSPS) is 14.4. The summed E-state index contributed by atoms with van der Waals surface area (Å²) in [5.74, 6) is 0. The number of benzene rings is 15. The molecule has 588 valence electrons. The first-order chi connectivity index (χ1) is 56.2. The van der Waals surface area contributed by atoms with Gasteiger partial charge in [0, 0.05) is 27.1 Å². The highest BCUT2D eigenvalue weighted by atomic mass is 14.5. The lowest BCUT2D eigenvalue weighted by Crippen LogP contribution is -2.23. The fourth-order valence-electron chi connectivity index (χ4n) is 21.0. The Morgan fingerprint density at radius 3 is 0.458 bits per heavy atom. The second-order valence-corrected chi connectivity index (χ2v) is 37.0. The standard InChI is InChI=1S/3C24H24.2C23H22/c3*1-15-6-8-20-21-9-7-16(2)14-23(21)24(5,22(20)13-15)19-11-17(3)10-18(4)12-19;1-15-5-9-18(10-6-15)23(4)21-13-16(2)7-11-19(21)20-12-8-17(3)14-22(20)23;1-15-6-5-7-18(12-15)23(4)21-13-16(2)8-10-19(21)20-11-9-17(3)14-22(20)23/h3*6-14H,1-5H3;2*5-14H,1-4H3. The van der Waals surface area contributed by atoms with Crippen molar-refractivity contribution in [2.24, 2.45) is 0 Å². The average Bonchev–Trinajstić information content (AvgIpc) is 1.59. The fraction of sp³-hybridized carbons (Fsp3) is 0.237. The van der Waals surface area contributed by atoms with E-state index in [0.29, 0.717) is 0 Å². The molecule has 5 aliphatic rings. The molecule has 118 heavy (non-hydrogen) atoms. The molecule has 0 heteroatoms. The maximum Gasteiger partial charge on any atom is 0.0435 e. The number of aryl methyl sites for hydroxylation is 18. The summed E-state index contributed by atoms with van der Waals surface area (Å²) in [6, 6.07) is 108. The van der Waals surface area contributed by atoms with Gasteiger partial charge in [-0.25, -0.2) is 0 Å². The van der Waals surface area contributed by atoms with E-state index in [-0.39, 0.29) is 27.1 Å². The summed E-state index contributed by atoms with van der Waals surface area (Å²) in [5.41, 5.74) is 58.7. The van der Waals surface area contributed by atoms with Crippen LogP contribution in [0.5, 0.6) is 0 Å². The van der Waals surface area contributed by atoms with Gasteiger partial charge in [0.2, 0.25) is 0 Å². The van der Waals surface area contributed by atoms with Crippen molar-refractivity contribution < 1.29 is 0 Å². The number of hydrogen-bond donors (Lipinski definition) is 0. The molecule has 0 saturated carbocycles. The molecule has 0 atom stereocenters. The van der Waals surface area contributed by atoms with Crippen LogP contribution in [0.25, 0.3) is 55.6 Å². The zero-order valence-corrected chi connectivity index (χ0v) is 74.1. The van der Waals surface area contributed by atoms with Crippen molar-refractivity contribution in [2.75, 3.05) is 0 Å². The molecule has 0 nitrogen and oxygen atoms in total. The van der Waals surface area contributed by atoms with E-state index in [1.165, 1.54) is 239 Å². The fourth-order valence-corrected chi connectivity index (χ4v) is 21.0. The Morgan fingerprint density at radius 2 is 0.271 bits per heavy atom. The highest BCUT2D eigenvalue weighted by molar-refractivity contribution is 5.89. The van der Waals surface area contributed by atoms with Gasteiger partial charge in [0.1, 0.15) is 0 Å². The Hall–Kier alpha value is -11.7. The molecule has 0 fully saturated rings. The monoisotopic (exact) mass is 1530 g/mol. The molecule has 20 rings (SSSR count). The molecule has 0 heterocycles. The van der Waals surface area contributed by atoms with E-state index in [1.807, 2.05) is 0 Å². The van der Waals surface area contributed by atoms with Gasteiger partial charge in [0.25, 0.3) is 0 Å². The summed E-state index contributed by atoms with van der Waals surface area (Å²) in [5, 5.41) is 0. The third-order valence-corrected chi connectivity index (χ3v) is 27.2. The van der Waals surface area contributed by atoms with Crippen molar-refractivity contribution in [2.45, 2.75) is 186 Å². The van der Waals surface area contributed by atoms with Gasteiger partial charge < -0.3 is 0 Å². The van der Waals surface area contributed by atoms with Gasteiger partial charge in [0.05, 0.1) is 0 Å². The molecular weight excluding hydrogens is 1420 g/mol. The molecule has 0 amide bonds.